The van der Waals surface area contributed by atoms with Crippen molar-refractivity contribution in [2.75, 3.05) is 29.7 Å². The number of likely N-dealkylation sites (N-methyl/N-ethyl adjacent to an activating group) is 1. The summed E-state index contributed by atoms with van der Waals surface area (Å²) in [5, 5.41) is 21.8. The first-order valence-electron chi connectivity index (χ1n) is 10.3. The SMILES string of the molecule is CO[C@H](C)[C@H]1C(O)Nc2c(C)nc(NCc3cnn(Cc4ccc(Cl)nc4)c3)nc2N1C. The number of methoxy groups -OCH3 is 1. The third-order valence-electron chi connectivity index (χ3n) is 5.59. The molecule has 0 saturated heterocycles. The molecule has 10 nitrogen and oxygen atoms in total. The lowest BCUT2D eigenvalue weighted by Crippen LogP contribution is -2.55. The van der Waals surface area contributed by atoms with Gasteiger partial charge in [0.15, 0.2) is 5.82 Å². The van der Waals surface area contributed by atoms with E-state index in [1.54, 1.807) is 19.4 Å². The van der Waals surface area contributed by atoms with Gasteiger partial charge in [-0.1, -0.05) is 17.7 Å². The number of aromatic nitrogens is 5. The number of aryl methyl sites for hydroxylation is 1. The Balaban J connectivity index is 1.46. The Kier molecular flexibility index (Phi) is 6.45. The Labute approximate surface area is 191 Å². The monoisotopic (exact) mass is 458 g/mol. The molecule has 3 N–H and O–H groups in total. The lowest BCUT2D eigenvalue weighted by Gasteiger charge is -2.42. The van der Waals surface area contributed by atoms with Crippen LogP contribution in [0.15, 0.2) is 30.7 Å². The summed E-state index contributed by atoms with van der Waals surface area (Å²) in [4.78, 5) is 15.3. The Morgan fingerprint density at radius 1 is 1.28 bits per heavy atom. The number of halogens is 1. The van der Waals surface area contributed by atoms with Crippen molar-refractivity contribution in [2.45, 2.75) is 45.3 Å². The van der Waals surface area contributed by atoms with E-state index in [1.807, 2.05) is 48.9 Å². The maximum Gasteiger partial charge on any atom is 0.225 e. The van der Waals surface area contributed by atoms with Crippen LogP contribution in [0.1, 0.15) is 23.7 Å². The molecule has 1 aliphatic heterocycles. The molecule has 0 fully saturated rings. The van der Waals surface area contributed by atoms with E-state index in [-0.39, 0.29) is 12.1 Å². The number of nitrogens with one attached hydrogen (secondary N) is 2. The Hall–Kier alpha value is -2.95. The van der Waals surface area contributed by atoms with E-state index in [1.165, 1.54) is 0 Å². The van der Waals surface area contributed by atoms with Crippen LogP contribution in [0, 0.1) is 6.92 Å². The molecule has 0 spiro atoms. The quantitative estimate of drug-likeness (QED) is 0.459. The number of pyridine rings is 1. The molecule has 4 rings (SSSR count). The normalized spacial score (nSPS) is 18.8. The molecule has 0 bridgehead atoms. The lowest BCUT2D eigenvalue weighted by atomic mass is 10.1. The Bertz CT molecular complexity index is 1070. The van der Waals surface area contributed by atoms with Gasteiger partial charge in [0.1, 0.15) is 23.1 Å². The highest BCUT2D eigenvalue weighted by Gasteiger charge is 2.37. The number of aliphatic hydroxyl groups excluding tert-OH is 1. The van der Waals surface area contributed by atoms with Gasteiger partial charge in [0.25, 0.3) is 0 Å². The maximum absolute atomic E-state index is 10.5. The van der Waals surface area contributed by atoms with Crippen molar-refractivity contribution in [3.05, 3.63) is 52.7 Å². The second kappa shape index (κ2) is 9.27. The van der Waals surface area contributed by atoms with Gasteiger partial charge in [-0.05, 0) is 25.5 Å². The molecule has 3 aromatic rings. The number of anilines is 3. The van der Waals surface area contributed by atoms with Gasteiger partial charge < -0.3 is 25.4 Å². The fraction of sp³-hybridized carbons (Fsp3) is 0.429. The summed E-state index contributed by atoms with van der Waals surface area (Å²) in [6, 6.07) is 3.41. The first kappa shape index (κ1) is 22.3. The van der Waals surface area contributed by atoms with E-state index in [4.69, 9.17) is 16.3 Å². The number of rotatable bonds is 7. The molecule has 0 aromatic carbocycles. The van der Waals surface area contributed by atoms with Gasteiger partial charge in [-0.3, -0.25) is 4.68 Å². The zero-order valence-corrected chi connectivity index (χ0v) is 19.2. The predicted octanol–water partition coefficient (Wildman–Crippen LogP) is 2.27. The highest BCUT2D eigenvalue weighted by Crippen LogP contribution is 2.34. The molecule has 170 valence electrons. The Morgan fingerprint density at radius 3 is 2.81 bits per heavy atom. The van der Waals surface area contributed by atoms with Crippen LogP contribution in [0.3, 0.4) is 0 Å². The molecule has 0 amide bonds. The van der Waals surface area contributed by atoms with Crippen LogP contribution in [0.5, 0.6) is 0 Å². The summed E-state index contributed by atoms with van der Waals surface area (Å²) in [6.45, 7) is 4.94. The number of hydrogen-bond acceptors (Lipinski definition) is 9. The molecular formula is C21H27ClN8O2. The van der Waals surface area contributed by atoms with E-state index in [9.17, 15) is 5.11 Å². The molecule has 0 radical (unpaired) electrons. The van der Waals surface area contributed by atoms with Gasteiger partial charge in [-0.25, -0.2) is 9.97 Å². The minimum Gasteiger partial charge on any atom is -0.379 e. The first-order chi connectivity index (χ1) is 15.4. The second-order valence-electron chi connectivity index (χ2n) is 7.85. The second-order valence-corrected chi connectivity index (χ2v) is 8.24. The highest BCUT2D eigenvalue weighted by atomic mass is 35.5. The van der Waals surface area contributed by atoms with E-state index in [0.29, 0.717) is 30.0 Å². The van der Waals surface area contributed by atoms with Gasteiger partial charge in [-0.15, -0.1) is 0 Å². The molecule has 4 heterocycles. The summed E-state index contributed by atoms with van der Waals surface area (Å²) in [7, 11) is 3.53. The number of hydrogen-bond donors (Lipinski definition) is 3. The molecule has 3 aromatic heterocycles. The van der Waals surface area contributed by atoms with Crippen LogP contribution in [0.4, 0.5) is 17.5 Å². The average molecular weight is 459 g/mol. The minimum absolute atomic E-state index is 0.191. The van der Waals surface area contributed by atoms with E-state index in [2.05, 4.69) is 30.7 Å². The van der Waals surface area contributed by atoms with Crippen molar-refractivity contribution in [2.24, 2.45) is 0 Å². The topological polar surface area (TPSA) is 113 Å². The number of nitrogens with zero attached hydrogens (tertiary/aromatic N) is 6. The van der Waals surface area contributed by atoms with E-state index < -0.39 is 6.23 Å². The van der Waals surface area contributed by atoms with Crippen LogP contribution in [0.2, 0.25) is 5.15 Å². The fourth-order valence-electron chi connectivity index (χ4n) is 3.81. The molecule has 32 heavy (non-hydrogen) atoms. The maximum atomic E-state index is 10.5. The molecule has 1 unspecified atom stereocenters. The number of ether oxygens (including phenoxy) is 1. The van der Waals surface area contributed by atoms with Crippen LogP contribution < -0.4 is 15.5 Å². The fourth-order valence-corrected chi connectivity index (χ4v) is 3.92. The Morgan fingerprint density at radius 2 is 2.09 bits per heavy atom. The van der Waals surface area contributed by atoms with Crippen LogP contribution in [-0.2, 0) is 17.8 Å². The smallest absolute Gasteiger partial charge is 0.225 e. The zero-order valence-electron chi connectivity index (χ0n) is 18.4. The molecule has 3 atom stereocenters. The van der Waals surface area contributed by atoms with Gasteiger partial charge in [-0.2, -0.15) is 10.1 Å². The molecule has 1 aliphatic rings. The summed E-state index contributed by atoms with van der Waals surface area (Å²) in [5.41, 5.74) is 3.48. The van der Waals surface area contributed by atoms with Gasteiger partial charge in [0.05, 0.1) is 24.5 Å². The molecule has 0 aliphatic carbocycles. The van der Waals surface area contributed by atoms with Gasteiger partial charge in [0.2, 0.25) is 5.95 Å². The average Bonchev–Trinajstić information content (AvgIpc) is 3.22. The minimum atomic E-state index is -0.787. The summed E-state index contributed by atoms with van der Waals surface area (Å²) in [5.74, 6) is 1.22. The zero-order chi connectivity index (χ0) is 22.8. The van der Waals surface area contributed by atoms with Crippen LogP contribution >= 0.6 is 11.6 Å². The first-order valence-corrected chi connectivity index (χ1v) is 10.7. The predicted molar refractivity (Wildman–Crippen MR) is 123 cm³/mol. The van der Waals surface area contributed by atoms with Gasteiger partial charge >= 0.3 is 0 Å². The largest absolute Gasteiger partial charge is 0.379 e. The van der Waals surface area contributed by atoms with Crippen molar-refractivity contribution >= 4 is 29.1 Å². The summed E-state index contributed by atoms with van der Waals surface area (Å²) < 4.78 is 7.29. The van der Waals surface area contributed by atoms with Crippen molar-refractivity contribution < 1.29 is 9.84 Å². The molecule has 11 heteroatoms. The summed E-state index contributed by atoms with van der Waals surface area (Å²) in [6.07, 6.45) is 4.54. The molecular weight excluding hydrogens is 432 g/mol. The van der Waals surface area contributed by atoms with E-state index >= 15 is 0 Å². The van der Waals surface area contributed by atoms with Crippen molar-refractivity contribution in [1.29, 1.82) is 0 Å². The van der Waals surface area contributed by atoms with Crippen LogP contribution in [-0.4, -0.2) is 62.4 Å². The van der Waals surface area contributed by atoms with Crippen molar-refractivity contribution in [3.63, 3.8) is 0 Å². The lowest BCUT2D eigenvalue weighted by molar-refractivity contribution is 0.0411. The van der Waals surface area contributed by atoms with Crippen molar-refractivity contribution in [1.82, 2.24) is 24.7 Å². The third kappa shape index (κ3) is 4.62. The third-order valence-corrected chi connectivity index (χ3v) is 5.81. The van der Waals surface area contributed by atoms with E-state index in [0.717, 1.165) is 22.5 Å². The van der Waals surface area contributed by atoms with Crippen LogP contribution in [0.25, 0.3) is 0 Å². The number of aliphatic hydroxyl groups is 1. The standard InChI is InChI=1S/C21H27ClN8O2/c1-12-17-19(29(3)18(13(2)32-4)20(31)27-17)28-21(26-12)24-8-15-9-25-30(11-15)10-14-5-6-16(22)23-7-14/h5-7,9,11,13,18,20,27,31H,8,10H2,1-4H3,(H,24,26,28)/t13-,18+,20?/m1/s1. The number of fused-ring (bicyclic) bond motifs is 1. The van der Waals surface area contributed by atoms with Crippen molar-refractivity contribution in [3.8, 4) is 0 Å². The molecule has 0 saturated carbocycles. The highest BCUT2D eigenvalue weighted by molar-refractivity contribution is 6.29. The summed E-state index contributed by atoms with van der Waals surface area (Å²) >= 11 is 5.84. The van der Waals surface area contributed by atoms with Gasteiger partial charge in [0, 0.05) is 38.7 Å².